The van der Waals surface area contributed by atoms with Crippen molar-refractivity contribution in [2.24, 2.45) is 0 Å². The zero-order chi connectivity index (χ0) is 30.2. The number of halogens is 2. The number of aliphatic hydroxyl groups excluding tert-OH is 1. The van der Waals surface area contributed by atoms with Gasteiger partial charge in [0.1, 0.15) is 22.5 Å². The first-order valence-corrected chi connectivity index (χ1v) is 18.4. The number of fused-ring (bicyclic) bond motifs is 2. The van der Waals surface area contributed by atoms with Crippen LogP contribution in [0, 0.1) is 0 Å². The molecule has 3 N–H and O–H groups in total. The molecular weight excluding hydrogens is 643 g/mol. The Balaban J connectivity index is 1.27. The minimum atomic E-state index is 0.139. The largest absolute Gasteiger partial charge is 0.505 e. The van der Waals surface area contributed by atoms with Crippen LogP contribution in [0.5, 0.6) is 11.5 Å². The molecule has 0 saturated carbocycles. The van der Waals surface area contributed by atoms with E-state index in [1.165, 1.54) is 0 Å². The molecule has 3 heterocycles. The summed E-state index contributed by atoms with van der Waals surface area (Å²) in [5.41, 5.74) is 2.61. The van der Waals surface area contributed by atoms with Crippen molar-refractivity contribution < 1.29 is 15.3 Å². The Morgan fingerprint density at radius 1 is 0.744 bits per heavy atom. The number of thioether (sulfide) groups is 3. The molecule has 4 aromatic rings. The second kappa shape index (κ2) is 16.1. The van der Waals surface area contributed by atoms with E-state index in [2.05, 4.69) is 19.8 Å². The van der Waals surface area contributed by atoms with Crippen molar-refractivity contribution >= 4 is 80.3 Å². The van der Waals surface area contributed by atoms with Crippen molar-refractivity contribution in [1.82, 2.24) is 19.8 Å². The van der Waals surface area contributed by atoms with Crippen molar-refractivity contribution in [2.75, 3.05) is 61.6 Å². The highest BCUT2D eigenvalue weighted by molar-refractivity contribution is 8.03. The number of rotatable bonds is 5. The number of pyridine rings is 2. The fraction of sp³-hybridized carbons (Fsp3) is 0.419. The van der Waals surface area contributed by atoms with Crippen molar-refractivity contribution in [1.29, 1.82) is 0 Å². The fourth-order valence-electron chi connectivity index (χ4n) is 5.14. The third kappa shape index (κ3) is 8.55. The van der Waals surface area contributed by atoms with Gasteiger partial charge in [0.2, 0.25) is 0 Å². The van der Waals surface area contributed by atoms with Gasteiger partial charge in [-0.25, -0.2) is 0 Å². The molecule has 1 atom stereocenters. The summed E-state index contributed by atoms with van der Waals surface area (Å²) in [5, 5.41) is 34.9. The van der Waals surface area contributed by atoms with Gasteiger partial charge in [-0.2, -0.15) is 35.3 Å². The molecule has 0 radical (unpaired) electrons. The van der Waals surface area contributed by atoms with E-state index >= 15 is 0 Å². The average molecular weight is 680 g/mol. The van der Waals surface area contributed by atoms with Crippen LogP contribution in [0.2, 0.25) is 10.0 Å². The van der Waals surface area contributed by atoms with Gasteiger partial charge in [0.05, 0.1) is 16.7 Å². The lowest BCUT2D eigenvalue weighted by molar-refractivity contribution is 0.292. The second-order valence-corrected chi connectivity index (χ2v) is 15.0. The van der Waals surface area contributed by atoms with E-state index < -0.39 is 0 Å². The molecule has 0 spiro atoms. The molecule has 1 aliphatic heterocycles. The summed E-state index contributed by atoms with van der Waals surface area (Å²) in [5.74, 6) is 4.95. The minimum Gasteiger partial charge on any atom is -0.505 e. The lowest BCUT2D eigenvalue weighted by Crippen LogP contribution is -2.30. The summed E-state index contributed by atoms with van der Waals surface area (Å²) < 4.78 is 0. The summed E-state index contributed by atoms with van der Waals surface area (Å²) in [7, 11) is 0. The highest BCUT2D eigenvalue weighted by atomic mass is 35.5. The Bertz CT molecular complexity index is 1530. The Labute approximate surface area is 275 Å². The third-order valence-corrected chi connectivity index (χ3v) is 11.6. The molecule has 7 nitrogen and oxygen atoms in total. The summed E-state index contributed by atoms with van der Waals surface area (Å²) in [6.45, 7) is 4.72. The van der Waals surface area contributed by atoms with E-state index in [4.69, 9.17) is 23.2 Å². The van der Waals surface area contributed by atoms with Gasteiger partial charge in [0, 0.05) is 108 Å². The standard InChI is InChI=1S/C31H36Cl2N4O3S3/c32-26-15-21(30(39)28-24(26)3-1-5-34-28)17-36-7-11-41-12-8-37(10-14-43-23(19-38)20-42-13-9-36)18-22-16-27(33)25-4-2-6-35-29(25)31(22)40/h1-6,15-16,23,38-40H,7-14,17-20H2/t23-/m0/s1. The van der Waals surface area contributed by atoms with Crippen molar-refractivity contribution in [3.63, 3.8) is 0 Å². The van der Waals surface area contributed by atoms with Gasteiger partial charge in [-0.1, -0.05) is 23.2 Å². The average Bonchev–Trinajstić information content (AvgIpc) is 3.03. The van der Waals surface area contributed by atoms with Gasteiger partial charge in [-0.05, 0) is 36.4 Å². The summed E-state index contributed by atoms with van der Waals surface area (Å²) in [6, 6.07) is 11.1. The maximum Gasteiger partial charge on any atom is 0.146 e. The number of phenols is 2. The van der Waals surface area contributed by atoms with E-state index in [1.807, 2.05) is 59.9 Å². The topological polar surface area (TPSA) is 93.0 Å². The minimum absolute atomic E-state index is 0.139. The van der Waals surface area contributed by atoms with Crippen LogP contribution < -0.4 is 0 Å². The zero-order valence-electron chi connectivity index (χ0n) is 23.8. The summed E-state index contributed by atoms with van der Waals surface area (Å²) >= 11 is 18.7. The van der Waals surface area contributed by atoms with Gasteiger partial charge < -0.3 is 15.3 Å². The molecule has 2 aromatic carbocycles. The first kappa shape index (κ1) is 32.8. The number of nitrogens with zero attached hydrogens (tertiary/aromatic N) is 4. The number of hydrogen-bond donors (Lipinski definition) is 3. The maximum absolute atomic E-state index is 11.0. The summed E-state index contributed by atoms with van der Waals surface area (Å²) in [4.78, 5) is 13.4. The predicted molar refractivity (Wildman–Crippen MR) is 185 cm³/mol. The van der Waals surface area contributed by atoms with Crippen molar-refractivity contribution in [3.8, 4) is 11.5 Å². The summed E-state index contributed by atoms with van der Waals surface area (Å²) in [6.07, 6.45) is 3.34. The second-order valence-electron chi connectivity index (χ2n) is 10.4. The first-order valence-electron chi connectivity index (χ1n) is 14.3. The van der Waals surface area contributed by atoms with Gasteiger partial charge in [-0.15, -0.1) is 0 Å². The number of hydrogen-bond acceptors (Lipinski definition) is 10. The number of phenolic OH excluding ortho intramolecular Hbond substituents is 2. The smallest absolute Gasteiger partial charge is 0.146 e. The quantitative estimate of drug-likeness (QED) is 0.221. The molecule has 230 valence electrons. The molecule has 43 heavy (non-hydrogen) atoms. The van der Waals surface area contributed by atoms with Crippen LogP contribution in [-0.4, -0.2) is 102 Å². The Morgan fingerprint density at radius 2 is 1.23 bits per heavy atom. The van der Waals surface area contributed by atoms with E-state index in [0.717, 1.165) is 76.8 Å². The van der Waals surface area contributed by atoms with Gasteiger partial charge in [0.15, 0.2) is 0 Å². The van der Waals surface area contributed by atoms with E-state index in [-0.39, 0.29) is 23.4 Å². The Hall–Kier alpha value is -1.63. The van der Waals surface area contributed by atoms with Crippen molar-refractivity contribution in [2.45, 2.75) is 18.3 Å². The molecular formula is C31H36Cl2N4O3S3. The predicted octanol–water partition coefficient (Wildman–Crippen LogP) is 6.38. The molecule has 12 heteroatoms. The molecule has 2 aromatic heterocycles. The molecule has 0 aliphatic carbocycles. The van der Waals surface area contributed by atoms with Gasteiger partial charge in [0.25, 0.3) is 0 Å². The zero-order valence-corrected chi connectivity index (χ0v) is 27.8. The number of aromatic nitrogens is 2. The fourth-order valence-corrected chi connectivity index (χ4v) is 9.08. The van der Waals surface area contributed by atoms with Crippen LogP contribution in [0.4, 0.5) is 0 Å². The Morgan fingerprint density at radius 3 is 1.74 bits per heavy atom. The van der Waals surface area contributed by atoms with Crippen LogP contribution in [0.1, 0.15) is 11.1 Å². The van der Waals surface area contributed by atoms with E-state index in [9.17, 15) is 15.3 Å². The van der Waals surface area contributed by atoms with E-state index in [0.29, 0.717) is 34.2 Å². The van der Waals surface area contributed by atoms with Crippen LogP contribution in [0.15, 0.2) is 48.8 Å². The molecule has 0 amide bonds. The van der Waals surface area contributed by atoms with Gasteiger partial charge >= 0.3 is 0 Å². The number of benzene rings is 2. The monoisotopic (exact) mass is 678 g/mol. The van der Waals surface area contributed by atoms with Crippen LogP contribution in [0.3, 0.4) is 0 Å². The maximum atomic E-state index is 11.0. The highest BCUT2D eigenvalue weighted by Gasteiger charge is 2.18. The molecule has 1 saturated heterocycles. The Kier molecular flexibility index (Phi) is 12.3. The highest BCUT2D eigenvalue weighted by Crippen LogP contribution is 2.35. The first-order chi connectivity index (χ1) is 20.9. The van der Waals surface area contributed by atoms with Crippen LogP contribution >= 0.6 is 58.5 Å². The third-order valence-electron chi connectivity index (χ3n) is 7.50. The number of aromatic hydroxyl groups is 2. The SMILES string of the molecule is OC[C@H]1CSCCN(Cc2cc(Cl)c3cccnc3c2O)CCSCCN(Cc2cc(Cl)c3cccnc3c2O)CCS1. The molecule has 1 fully saturated rings. The lowest BCUT2D eigenvalue weighted by atomic mass is 10.1. The lowest BCUT2D eigenvalue weighted by Gasteiger charge is -2.24. The molecule has 0 bridgehead atoms. The number of aliphatic hydroxyl groups is 1. The molecule has 5 rings (SSSR count). The van der Waals surface area contributed by atoms with Crippen LogP contribution in [-0.2, 0) is 13.1 Å². The van der Waals surface area contributed by atoms with Crippen molar-refractivity contribution in [3.05, 3.63) is 70.0 Å². The van der Waals surface area contributed by atoms with E-state index in [1.54, 1.807) is 24.2 Å². The normalized spacial score (nSPS) is 18.9. The molecule has 1 aliphatic rings. The van der Waals surface area contributed by atoms with Crippen LogP contribution in [0.25, 0.3) is 21.8 Å². The molecule has 0 unspecified atom stereocenters. The van der Waals surface area contributed by atoms with Gasteiger partial charge in [-0.3, -0.25) is 19.8 Å².